The molecule has 0 aromatic heterocycles. The van der Waals surface area contributed by atoms with Crippen molar-refractivity contribution in [2.75, 3.05) is 27.7 Å². The van der Waals surface area contributed by atoms with Gasteiger partial charge < -0.3 is 14.7 Å². The lowest BCUT2D eigenvalue weighted by Gasteiger charge is -2.29. The number of hydrogen-bond donors (Lipinski definition) is 2. The van der Waals surface area contributed by atoms with E-state index in [1.807, 2.05) is 0 Å². The van der Waals surface area contributed by atoms with Crippen LogP contribution in [0.15, 0.2) is 0 Å². The third kappa shape index (κ3) is 6.06. The number of carboxylic acids is 1. The first-order chi connectivity index (χ1) is 5.12. The van der Waals surface area contributed by atoms with Crippen molar-refractivity contribution in [2.24, 2.45) is 0 Å². The minimum Gasteiger partial charge on any atom is -0.481 e. The summed E-state index contributed by atoms with van der Waals surface area (Å²) in [6.45, 7) is -0.237. The van der Waals surface area contributed by atoms with Gasteiger partial charge in [0.1, 0.15) is 13.0 Å². The van der Waals surface area contributed by atoms with Gasteiger partial charge in [-0.05, 0) is 0 Å². The Morgan fingerprint density at radius 3 is 2.17 bits per heavy atom. The van der Waals surface area contributed by atoms with Crippen LogP contribution in [0, 0.1) is 0 Å². The number of halogens is 1. The minimum atomic E-state index is -2.62. The first-order valence-electron chi connectivity index (χ1n) is 3.56. The summed E-state index contributed by atoms with van der Waals surface area (Å²) in [5.74, 6) is -3.96. The second-order valence-electron chi connectivity index (χ2n) is 3.94. The zero-order valence-corrected chi connectivity index (χ0v) is 7.54. The monoisotopic (exact) mass is 180 g/mol. The molecule has 0 heterocycles. The van der Waals surface area contributed by atoms with E-state index in [9.17, 15) is 9.18 Å². The molecule has 0 amide bonds. The van der Waals surface area contributed by atoms with Crippen molar-refractivity contribution in [2.45, 2.75) is 12.3 Å². The maximum Gasteiger partial charge on any atom is 0.309 e. The summed E-state index contributed by atoms with van der Waals surface area (Å²) >= 11 is 0. The van der Waals surface area contributed by atoms with Gasteiger partial charge >= 0.3 is 5.97 Å². The zero-order valence-electron chi connectivity index (χ0n) is 7.54. The SMILES string of the molecule is C[N+](C)(C)CC(O)(F)CC(=O)O. The first-order valence-corrected chi connectivity index (χ1v) is 3.56. The first kappa shape index (κ1) is 11.3. The van der Waals surface area contributed by atoms with Crippen LogP contribution in [0.3, 0.4) is 0 Å². The van der Waals surface area contributed by atoms with E-state index in [4.69, 9.17) is 10.2 Å². The largest absolute Gasteiger partial charge is 0.481 e. The number of aliphatic carboxylic acids is 1. The van der Waals surface area contributed by atoms with Crippen molar-refractivity contribution >= 4 is 5.97 Å². The fourth-order valence-electron chi connectivity index (χ4n) is 1.01. The highest BCUT2D eigenvalue weighted by Gasteiger charge is 2.35. The summed E-state index contributed by atoms with van der Waals surface area (Å²) in [4.78, 5) is 10.1. The third-order valence-electron chi connectivity index (χ3n) is 1.14. The summed E-state index contributed by atoms with van der Waals surface area (Å²) in [6, 6.07) is 0. The molecule has 0 aliphatic rings. The van der Waals surface area contributed by atoms with Crippen LogP contribution in [-0.4, -0.2) is 54.2 Å². The van der Waals surface area contributed by atoms with Gasteiger partial charge in [-0.1, -0.05) is 0 Å². The molecule has 0 aromatic carbocycles. The average molecular weight is 180 g/mol. The fourth-order valence-corrected chi connectivity index (χ4v) is 1.01. The maximum absolute atomic E-state index is 13.0. The zero-order chi connectivity index (χ0) is 9.99. The summed E-state index contributed by atoms with van der Waals surface area (Å²) in [7, 11) is 5.02. The van der Waals surface area contributed by atoms with E-state index in [-0.39, 0.29) is 11.0 Å². The molecular weight excluding hydrogens is 165 g/mol. The minimum absolute atomic E-state index is 0.181. The Balaban J connectivity index is 4.13. The van der Waals surface area contributed by atoms with E-state index in [1.54, 1.807) is 21.1 Å². The van der Waals surface area contributed by atoms with Gasteiger partial charge in [0.05, 0.1) is 21.1 Å². The van der Waals surface area contributed by atoms with Gasteiger partial charge in [-0.2, -0.15) is 0 Å². The molecule has 5 heteroatoms. The van der Waals surface area contributed by atoms with Crippen LogP contribution in [0.4, 0.5) is 4.39 Å². The molecule has 0 aliphatic carbocycles. The summed E-state index contributed by atoms with van der Waals surface area (Å²) in [6.07, 6.45) is -0.872. The van der Waals surface area contributed by atoms with Crippen LogP contribution in [0.5, 0.6) is 0 Å². The van der Waals surface area contributed by atoms with Gasteiger partial charge in [-0.25, -0.2) is 4.39 Å². The molecule has 2 N–H and O–H groups in total. The standard InChI is InChI=1S/C7H14FNO3/c1-9(2,3)5-7(8,12)4-6(10)11/h12H,4-5H2,1-3H3/p+1. The number of carbonyl (C=O) groups is 1. The molecule has 0 bridgehead atoms. The van der Waals surface area contributed by atoms with Crippen LogP contribution in [0.2, 0.25) is 0 Å². The normalized spacial score (nSPS) is 17.1. The molecule has 4 nitrogen and oxygen atoms in total. The van der Waals surface area contributed by atoms with Gasteiger partial charge in [-0.15, -0.1) is 0 Å². The Hall–Kier alpha value is -0.680. The molecule has 0 saturated carbocycles. The Morgan fingerprint density at radius 1 is 1.50 bits per heavy atom. The lowest BCUT2D eigenvalue weighted by atomic mass is 10.2. The van der Waals surface area contributed by atoms with Crippen molar-refractivity contribution in [3.05, 3.63) is 0 Å². The summed E-state index contributed by atoms with van der Waals surface area (Å²) in [5.41, 5.74) is 0. The smallest absolute Gasteiger partial charge is 0.309 e. The van der Waals surface area contributed by atoms with Gasteiger partial charge in [0.2, 0.25) is 0 Å². The Bertz CT molecular complexity index is 174. The van der Waals surface area contributed by atoms with Crippen molar-refractivity contribution in [3.8, 4) is 0 Å². The molecule has 0 aromatic rings. The van der Waals surface area contributed by atoms with E-state index in [1.165, 1.54) is 0 Å². The molecular formula is C7H15FNO3+. The maximum atomic E-state index is 13.0. The molecule has 0 radical (unpaired) electrons. The Kier molecular flexibility index (Phi) is 3.17. The number of carboxylic acid groups (broad SMARTS) is 1. The molecule has 1 unspecified atom stereocenters. The predicted molar refractivity (Wildman–Crippen MR) is 41.2 cm³/mol. The highest BCUT2D eigenvalue weighted by Crippen LogP contribution is 2.15. The van der Waals surface area contributed by atoms with Crippen molar-refractivity contribution in [3.63, 3.8) is 0 Å². The van der Waals surface area contributed by atoms with Gasteiger partial charge in [0.25, 0.3) is 5.85 Å². The van der Waals surface area contributed by atoms with Crippen LogP contribution >= 0.6 is 0 Å². The number of alkyl halides is 1. The van der Waals surface area contributed by atoms with E-state index >= 15 is 0 Å². The molecule has 0 fully saturated rings. The van der Waals surface area contributed by atoms with E-state index in [2.05, 4.69) is 0 Å². The summed E-state index contributed by atoms with van der Waals surface area (Å²) in [5, 5.41) is 17.2. The number of hydrogen-bond acceptors (Lipinski definition) is 2. The number of likely N-dealkylation sites (N-methyl/N-ethyl adjacent to an activating group) is 1. The van der Waals surface area contributed by atoms with Gasteiger partial charge in [-0.3, -0.25) is 4.79 Å². The average Bonchev–Trinajstić information content (AvgIpc) is 1.48. The molecule has 72 valence electrons. The topological polar surface area (TPSA) is 57.5 Å². The number of nitrogens with zero attached hydrogens (tertiary/aromatic N) is 1. The lowest BCUT2D eigenvalue weighted by molar-refractivity contribution is -0.879. The second-order valence-corrected chi connectivity index (χ2v) is 3.94. The van der Waals surface area contributed by atoms with Crippen molar-refractivity contribution < 1.29 is 23.9 Å². The Morgan fingerprint density at radius 2 is 1.92 bits per heavy atom. The molecule has 0 aliphatic heterocycles. The molecule has 0 spiro atoms. The molecule has 0 rings (SSSR count). The van der Waals surface area contributed by atoms with Gasteiger partial charge in [0.15, 0.2) is 0 Å². The van der Waals surface area contributed by atoms with Gasteiger partial charge in [0, 0.05) is 0 Å². The molecule has 0 saturated heterocycles. The molecule has 1 atom stereocenters. The van der Waals surface area contributed by atoms with E-state index in [0.29, 0.717) is 0 Å². The summed E-state index contributed by atoms with van der Waals surface area (Å²) < 4.78 is 13.2. The van der Waals surface area contributed by atoms with Crippen LogP contribution in [0.1, 0.15) is 6.42 Å². The number of quaternary nitrogens is 1. The highest BCUT2D eigenvalue weighted by atomic mass is 19.2. The highest BCUT2D eigenvalue weighted by molar-refractivity contribution is 5.67. The lowest BCUT2D eigenvalue weighted by Crippen LogP contribution is -2.47. The van der Waals surface area contributed by atoms with E-state index < -0.39 is 18.2 Å². The van der Waals surface area contributed by atoms with Crippen LogP contribution in [0.25, 0.3) is 0 Å². The fraction of sp³-hybridized carbons (Fsp3) is 0.857. The van der Waals surface area contributed by atoms with Crippen LogP contribution in [-0.2, 0) is 4.79 Å². The number of rotatable bonds is 4. The van der Waals surface area contributed by atoms with E-state index in [0.717, 1.165) is 0 Å². The quantitative estimate of drug-likeness (QED) is 0.590. The predicted octanol–water partition coefficient (Wildman–Crippen LogP) is -0.175. The van der Waals surface area contributed by atoms with Crippen molar-refractivity contribution in [1.29, 1.82) is 0 Å². The van der Waals surface area contributed by atoms with Crippen molar-refractivity contribution in [1.82, 2.24) is 0 Å². The second kappa shape index (κ2) is 3.37. The number of aliphatic hydroxyl groups is 1. The van der Waals surface area contributed by atoms with Crippen LogP contribution < -0.4 is 0 Å². The molecule has 12 heavy (non-hydrogen) atoms. The third-order valence-corrected chi connectivity index (χ3v) is 1.14. The Labute approximate surface area is 70.8 Å².